The third kappa shape index (κ3) is 1.93. The maximum Gasteiger partial charge on any atom is 0.348 e. The summed E-state index contributed by atoms with van der Waals surface area (Å²) in [7, 11) is 0. The van der Waals surface area contributed by atoms with Crippen LogP contribution in [0.1, 0.15) is 0 Å². The number of hydrogen-bond donors (Lipinski definition) is 6. The number of nitrogens with one attached hydrogen (secondary N) is 2. The van der Waals surface area contributed by atoms with Gasteiger partial charge < -0.3 is 21.3 Å². The number of alkyl halides is 1. The number of nitrogens with zero attached hydrogens (tertiary/aromatic N) is 8. The van der Waals surface area contributed by atoms with Crippen LogP contribution in [0.25, 0.3) is 20.9 Å². The minimum absolute atomic E-state index is 0.00785. The van der Waals surface area contributed by atoms with Gasteiger partial charge >= 0.3 is 5.96 Å². The molecule has 1 spiro atoms. The summed E-state index contributed by atoms with van der Waals surface area (Å²) in [4.78, 5) is 9.80. The summed E-state index contributed by atoms with van der Waals surface area (Å²) in [5.41, 5.74) is 26.4. The van der Waals surface area contributed by atoms with E-state index in [9.17, 15) is 10.2 Å². The first-order chi connectivity index (χ1) is 12.8. The largest absolute Gasteiger partial charge is 0.370 e. The highest BCUT2D eigenvalue weighted by Crippen LogP contribution is 2.61. The summed E-state index contributed by atoms with van der Waals surface area (Å²) in [5, 5.41) is 34.3. The molecule has 0 aromatic rings. The first-order valence-electron chi connectivity index (χ1n) is 8.20. The zero-order valence-corrected chi connectivity index (χ0v) is 14.6. The van der Waals surface area contributed by atoms with Gasteiger partial charge in [0.05, 0.1) is 11.3 Å². The highest BCUT2D eigenvalue weighted by molar-refractivity contribution is 6.22. The molecule has 1 saturated carbocycles. The van der Waals surface area contributed by atoms with Crippen LogP contribution in [0.5, 0.6) is 0 Å². The molecule has 0 amide bonds. The predicted octanol–water partition coefficient (Wildman–Crippen LogP) is -1.99. The van der Waals surface area contributed by atoms with Gasteiger partial charge in [0.15, 0.2) is 11.5 Å². The fourth-order valence-corrected chi connectivity index (χ4v) is 6.00. The smallest absolute Gasteiger partial charge is 0.348 e. The van der Waals surface area contributed by atoms with Crippen LogP contribution < -0.4 is 22.1 Å². The summed E-state index contributed by atoms with van der Waals surface area (Å²) in [6.45, 7) is -0.0408. The Bertz CT molecular complexity index is 849. The van der Waals surface area contributed by atoms with Crippen molar-refractivity contribution in [2.24, 2.45) is 44.4 Å². The van der Waals surface area contributed by atoms with E-state index < -0.39 is 46.8 Å². The van der Waals surface area contributed by atoms with Gasteiger partial charge in [0.1, 0.15) is 0 Å². The van der Waals surface area contributed by atoms with E-state index in [1.165, 1.54) is 4.58 Å². The predicted molar refractivity (Wildman–Crippen MR) is 93.0 cm³/mol. The fourth-order valence-electron chi connectivity index (χ4n) is 5.37. The number of hydrogen-bond acceptors (Lipinski definition) is 9. The molecule has 144 valence electrons. The minimum Gasteiger partial charge on any atom is -0.370 e. The van der Waals surface area contributed by atoms with Crippen molar-refractivity contribution >= 4 is 23.5 Å². The molecule has 2 unspecified atom stereocenters. The van der Waals surface area contributed by atoms with Gasteiger partial charge in [-0.1, -0.05) is 10.2 Å². The maximum atomic E-state index is 11.5. The number of rotatable bonds is 4. The Morgan fingerprint density at radius 2 is 1.89 bits per heavy atom. The molecule has 4 rings (SSSR count). The molecule has 27 heavy (non-hydrogen) atoms. The molecule has 0 aromatic heterocycles. The van der Waals surface area contributed by atoms with Crippen LogP contribution in [0.3, 0.4) is 0 Å². The molecule has 14 nitrogen and oxygen atoms in total. The number of nitrogens with two attached hydrogens (primary N) is 2. The number of guanidine groups is 2. The van der Waals surface area contributed by atoms with Gasteiger partial charge in [0.2, 0.25) is 18.1 Å². The highest BCUT2D eigenvalue weighted by atomic mass is 35.5. The fraction of sp³-hybridized carbons (Fsp3) is 0.833. The lowest BCUT2D eigenvalue weighted by Crippen LogP contribution is -2.62. The summed E-state index contributed by atoms with van der Waals surface area (Å²) in [6.07, 6.45) is -2.16. The Morgan fingerprint density at radius 1 is 1.26 bits per heavy atom. The second-order valence-corrected chi connectivity index (χ2v) is 7.53. The van der Waals surface area contributed by atoms with Crippen LogP contribution in [-0.4, -0.2) is 68.8 Å². The molecular formula is C12H18ClN12O2+. The van der Waals surface area contributed by atoms with E-state index in [0.29, 0.717) is 0 Å². The SMILES string of the molecule is [N-]=[N+]=NC[C@@H]1[C@@H](CN=[N+]=[N-])[C@H](Cl)[C@@]23[C@H](O)NC(N)=[N+]2C2N=C(N)NC2(O)[C@@H]13. The van der Waals surface area contributed by atoms with Crippen LogP contribution in [0.4, 0.5) is 0 Å². The molecule has 3 aliphatic heterocycles. The van der Waals surface area contributed by atoms with Gasteiger partial charge in [-0.15, -0.1) is 11.6 Å². The summed E-state index contributed by atoms with van der Waals surface area (Å²) in [6, 6.07) is 0. The summed E-state index contributed by atoms with van der Waals surface area (Å²) < 4.78 is 1.53. The van der Waals surface area contributed by atoms with Crippen molar-refractivity contribution in [2.45, 2.75) is 29.0 Å². The van der Waals surface area contributed by atoms with E-state index >= 15 is 0 Å². The monoisotopic (exact) mass is 397 g/mol. The Morgan fingerprint density at radius 3 is 2.52 bits per heavy atom. The molecule has 15 heteroatoms. The Hall–Kier alpha value is -2.63. The van der Waals surface area contributed by atoms with Crippen molar-refractivity contribution in [1.82, 2.24) is 10.6 Å². The first-order valence-corrected chi connectivity index (χ1v) is 8.63. The van der Waals surface area contributed by atoms with Crippen LogP contribution in [0.2, 0.25) is 0 Å². The van der Waals surface area contributed by atoms with Gasteiger partial charge in [-0.2, -0.15) is 0 Å². The quantitative estimate of drug-likeness (QED) is 0.103. The second-order valence-electron chi connectivity index (χ2n) is 7.06. The summed E-state index contributed by atoms with van der Waals surface area (Å²) >= 11 is 6.80. The third-order valence-corrected chi connectivity index (χ3v) is 6.78. The summed E-state index contributed by atoms with van der Waals surface area (Å²) in [5.74, 6) is -1.72. The number of halogens is 1. The van der Waals surface area contributed by atoms with E-state index in [4.69, 9.17) is 34.1 Å². The van der Waals surface area contributed by atoms with Crippen molar-refractivity contribution in [2.75, 3.05) is 13.1 Å². The number of aliphatic hydroxyl groups excluding tert-OH is 1. The molecule has 8 atom stereocenters. The Balaban J connectivity index is 1.93. The molecule has 0 bridgehead atoms. The lowest BCUT2D eigenvalue weighted by molar-refractivity contribution is -0.623. The molecule has 0 radical (unpaired) electrons. The number of aliphatic hydroxyl groups is 2. The van der Waals surface area contributed by atoms with Crippen molar-refractivity contribution in [1.29, 1.82) is 0 Å². The molecule has 1 saturated heterocycles. The highest BCUT2D eigenvalue weighted by Gasteiger charge is 2.83. The first kappa shape index (κ1) is 17.8. The molecule has 1 aliphatic carbocycles. The topological polar surface area (TPSA) is 229 Å². The molecular weight excluding hydrogens is 380 g/mol. The van der Waals surface area contributed by atoms with Crippen molar-refractivity contribution in [3.05, 3.63) is 20.9 Å². The van der Waals surface area contributed by atoms with E-state index in [2.05, 4.69) is 35.7 Å². The van der Waals surface area contributed by atoms with Crippen LogP contribution in [0.15, 0.2) is 15.2 Å². The zero-order valence-electron chi connectivity index (χ0n) is 13.9. The normalized spacial score (nSPS) is 46.4. The number of fused-ring (bicyclic) bond motifs is 3. The van der Waals surface area contributed by atoms with E-state index in [1.54, 1.807) is 0 Å². The van der Waals surface area contributed by atoms with Gasteiger partial charge in [-0.05, 0) is 22.9 Å². The van der Waals surface area contributed by atoms with Gasteiger partial charge in [0, 0.05) is 22.9 Å². The van der Waals surface area contributed by atoms with Crippen molar-refractivity contribution < 1.29 is 14.8 Å². The number of azide groups is 2. The standard InChI is InChI=1S/C12H17ClN12O2/c13-6-4(2-19-24-17)3(1-18-23-16)5-11(6)8(26)21-10(15)25(11)7-12(5,27)22-9(14)20-7/h3-8,26-27H,1-2H2,(H5,14,15,20,21,22)/p+1/t3-,4-,5+,6+,7?,8+,11+,12?/m1/s1. The minimum atomic E-state index is -1.70. The van der Waals surface area contributed by atoms with E-state index in [0.717, 1.165) is 0 Å². The molecule has 0 aromatic carbocycles. The molecule has 8 N–H and O–H groups in total. The van der Waals surface area contributed by atoms with Crippen molar-refractivity contribution in [3.8, 4) is 0 Å². The average Bonchev–Trinajstić information content (AvgIpc) is 3.20. The second kappa shape index (κ2) is 5.68. The third-order valence-electron chi connectivity index (χ3n) is 6.11. The Kier molecular flexibility index (Phi) is 3.74. The Labute approximate surface area is 157 Å². The van der Waals surface area contributed by atoms with Gasteiger partial charge in [-0.25, -0.2) is 14.9 Å². The molecule has 4 aliphatic rings. The molecule has 2 fully saturated rings. The zero-order chi connectivity index (χ0) is 19.6. The van der Waals surface area contributed by atoms with E-state index in [1.807, 2.05) is 0 Å². The van der Waals surface area contributed by atoms with Gasteiger partial charge in [0.25, 0.3) is 0 Å². The van der Waals surface area contributed by atoms with Crippen LogP contribution in [-0.2, 0) is 0 Å². The maximum absolute atomic E-state index is 11.5. The number of aliphatic imine (C=N–C) groups is 1. The molecule has 3 heterocycles. The van der Waals surface area contributed by atoms with Gasteiger partial charge in [-0.3, -0.25) is 5.73 Å². The lowest BCUT2D eigenvalue weighted by Gasteiger charge is -2.35. The van der Waals surface area contributed by atoms with Crippen molar-refractivity contribution in [3.63, 3.8) is 0 Å². The average molecular weight is 398 g/mol. The van der Waals surface area contributed by atoms with Crippen LogP contribution in [0, 0.1) is 17.8 Å². The van der Waals surface area contributed by atoms with E-state index in [-0.39, 0.29) is 25.0 Å². The lowest BCUT2D eigenvalue weighted by atomic mass is 9.77. The van der Waals surface area contributed by atoms with Crippen LogP contribution >= 0.6 is 11.6 Å².